The summed E-state index contributed by atoms with van der Waals surface area (Å²) in [5, 5.41) is 0. The van der Waals surface area contributed by atoms with Crippen LogP contribution in [0, 0.1) is 0 Å². The summed E-state index contributed by atoms with van der Waals surface area (Å²) in [7, 11) is 0. The predicted octanol–water partition coefficient (Wildman–Crippen LogP) is 0.956. The van der Waals surface area contributed by atoms with Crippen molar-refractivity contribution >= 4 is 6.29 Å². The highest BCUT2D eigenvalue weighted by atomic mass is 16.1. The predicted molar refractivity (Wildman–Crippen MR) is 47.1 cm³/mol. The molecule has 2 N–H and O–H groups in total. The maximum absolute atomic E-state index is 10.4. The van der Waals surface area contributed by atoms with Crippen LogP contribution in [0.25, 0.3) is 0 Å². The first kappa shape index (κ1) is 8.87. The van der Waals surface area contributed by atoms with Gasteiger partial charge < -0.3 is 5.73 Å². The van der Waals surface area contributed by atoms with Crippen LogP contribution in [-0.2, 0) is 0 Å². The molecule has 3 heteroatoms. The number of nitrogens with two attached hydrogens (primary N) is 1. The SMILES string of the molecule is CC(CN)c1ccnc(C=O)c1. The number of nitrogens with zero attached hydrogens (tertiary/aromatic N) is 1. The lowest BCUT2D eigenvalue weighted by Crippen LogP contribution is -2.09. The molecule has 0 aliphatic heterocycles. The maximum atomic E-state index is 10.4. The van der Waals surface area contributed by atoms with E-state index in [9.17, 15) is 4.79 Å². The second-order valence-corrected chi connectivity index (χ2v) is 2.77. The van der Waals surface area contributed by atoms with Gasteiger partial charge in [-0.3, -0.25) is 9.78 Å². The van der Waals surface area contributed by atoms with Gasteiger partial charge in [-0.1, -0.05) is 6.92 Å². The normalized spacial score (nSPS) is 12.5. The van der Waals surface area contributed by atoms with Gasteiger partial charge >= 0.3 is 0 Å². The highest BCUT2D eigenvalue weighted by Gasteiger charge is 2.03. The van der Waals surface area contributed by atoms with Crippen molar-refractivity contribution in [2.75, 3.05) is 6.54 Å². The van der Waals surface area contributed by atoms with Crippen molar-refractivity contribution in [3.63, 3.8) is 0 Å². The van der Waals surface area contributed by atoms with Crippen LogP contribution in [0.15, 0.2) is 18.3 Å². The maximum Gasteiger partial charge on any atom is 0.168 e. The average molecular weight is 164 g/mol. The number of carbonyl (C=O) groups is 1. The van der Waals surface area contributed by atoms with E-state index < -0.39 is 0 Å². The molecular formula is C9H12N2O. The van der Waals surface area contributed by atoms with Gasteiger partial charge in [-0.15, -0.1) is 0 Å². The van der Waals surface area contributed by atoms with Crippen LogP contribution >= 0.6 is 0 Å². The van der Waals surface area contributed by atoms with Crippen molar-refractivity contribution in [1.82, 2.24) is 4.98 Å². The third-order valence-electron chi connectivity index (χ3n) is 1.85. The molecule has 0 saturated heterocycles. The number of carbonyl (C=O) groups excluding carboxylic acids is 1. The molecule has 0 bridgehead atoms. The zero-order valence-corrected chi connectivity index (χ0v) is 7.03. The minimum atomic E-state index is 0.284. The van der Waals surface area contributed by atoms with Gasteiger partial charge in [0.05, 0.1) is 0 Å². The largest absolute Gasteiger partial charge is 0.330 e. The summed E-state index contributed by atoms with van der Waals surface area (Å²) in [6.07, 6.45) is 2.37. The summed E-state index contributed by atoms with van der Waals surface area (Å²) in [6, 6.07) is 3.65. The molecule has 1 aromatic rings. The van der Waals surface area contributed by atoms with E-state index in [1.165, 1.54) is 0 Å². The molecule has 64 valence electrons. The lowest BCUT2D eigenvalue weighted by molar-refractivity contribution is 0.111. The van der Waals surface area contributed by atoms with E-state index in [1.54, 1.807) is 12.3 Å². The third kappa shape index (κ3) is 1.89. The van der Waals surface area contributed by atoms with Crippen LogP contribution < -0.4 is 5.73 Å². The van der Waals surface area contributed by atoms with Gasteiger partial charge in [0.1, 0.15) is 5.69 Å². The van der Waals surface area contributed by atoms with E-state index in [2.05, 4.69) is 4.98 Å². The Labute approximate surface area is 71.6 Å². The Morgan fingerprint density at radius 2 is 2.50 bits per heavy atom. The fourth-order valence-electron chi connectivity index (χ4n) is 0.973. The molecule has 1 atom stereocenters. The van der Waals surface area contributed by atoms with E-state index in [0.29, 0.717) is 12.2 Å². The highest BCUT2D eigenvalue weighted by Crippen LogP contribution is 2.12. The molecule has 1 heterocycles. The lowest BCUT2D eigenvalue weighted by Gasteiger charge is -2.07. The van der Waals surface area contributed by atoms with Crippen molar-refractivity contribution < 1.29 is 4.79 Å². The fraction of sp³-hybridized carbons (Fsp3) is 0.333. The number of rotatable bonds is 3. The van der Waals surface area contributed by atoms with E-state index >= 15 is 0 Å². The molecule has 0 fully saturated rings. The van der Waals surface area contributed by atoms with Crippen molar-refractivity contribution in [3.05, 3.63) is 29.6 Å². The van der Waals surface area contributed by atoms with E-state index in [1.807, 2.05) is 13.0 Å². The zero-order chi connectivity index (χ0) is 8.97. The smallest absolute Gasteiger partial charge is 0.168 e. The topological polar surface area (TPSA) is 56.0 Å². The molecule has 0 amide bonds. The summed E-state index contributed by atoms with van der Waals surface area (Å²) < 4.78 is 0. The molecule has 3 nitrogen and oxygen atoms in total. The molecule has 0 saturated carbocycles. The van der Waals surface area contributed by atoms with Gasteiger partial charge in [-0.2, -0.15) is 0 Å². The molecule has 0 radical (unpaired) electrons. The van der Waals surface area contributed by atoms with Crippen LogP contribution in [0.2, 0.25) is 0 Å². The average Bonchev–Trinajstić information content (AvgIpc) is 2.17. The van der Waals surface area contributed by atoms with Gasteiger partial charge in [0.25, 0.3) is 0 Å². The summed E-state index contributed by atoms with van der Waals surface area (Å²) in [5.41, 5.74) is 7.02. The van der Waals surface area contributed by atoms with Crippen LogP contribution in [0.5, 0.6) is 0 Å². The van der Waals surface area contributed by atoms with Crippen molar-refractivity contribution in [2.45, 2.75) is 12.8 Å². The highest BCUT2D eigenvalue weighted by molar-refractivity contribution is 5.71. The number of hydrogen-bond donors (Lipinski definition) is 1. The molecule has 0 aliphatic rings. The first-order valence-electron chi connectivity index (χ1n) is 3.89. The molecule has 0 spiro atoms. The van der Waals surface area contributed by atoms with Gasteiger partial charge in [0.15, 0.2) is 6.29 Å². The third-order valence-corrected chi connectivity index (χ3v) is 1.85. The molecule has 0 aromatic carbocycles. The number of pyridine rings is 1. The zero-order valence-electron chi connectivity index (χ0n) is 7.03. The van der Waals surface area contributed by atoms with E-state index in [4.69, 9.17) is 5.73 Å². The monoisotopic (exact) mass is 164 g/mol. The first-order chi connectivity index (χ1) is 5.77. The number of aldehydes is 1. The standard InChI is InChI=1S/C9H12N2O/c1-7(5-10)8-2-3-11-9(4-8)6-12/h2-4,6-7H,5,10H2,1H3. The Morgan fingerprint density at radius 1 is 1.75 bits per heavy atom. The number of hydrogen-bond acceptors (Lipinski definition) is 3. The molecular weight excluding hydrogens is 152 g/mol. The van der Waals surface area contributed by atoms with Crippen LogP contribution in [0.3, 0.4) is 0 Å². The van der Waals surface area contributed by atoms with E-state index in [0.717, 1.165) is 11.8 Å². The quantitative estimate of drug-likeness (QED) is 0.677. The Hall–Kier alpha value is -1.22. The Kier molecular flexibility index (Phi) is 2.94. The van der Waals surface area contributed by atoms with Gasteiger partial charge in [-0.25, -0.2) is 0 Å². The molecule has 1 aromatic heterocycles. The second kappa shape index (κ2) is 3.97. The minimum absolute atomic E-state index is 0.284. The summed E-state index contributed by atoms with van der Waals surface area (Å²) >= 11 is 0. The molecule has 0 aliphatic carbocycles. The second-order valence-electron chi connectivity index (χ2n) is 2.77. The first-order valence-corrected chi connectivity index (χ1v) is 3.89. The molecule has 1 rings (SSSR count). The van der Waals surface area contributed by atoms with Gasteiger partial charge in [-0.05, 0) is 30.2 Å². The number of aromatic nitrogens is 1. The van der Waals surface area contributed by atoms with Crippen molar-refractivity contribution in [3.8, 4) is 0 Å². The Balaban J connectivity index is 2.93. The summed E-state index contributed by atoms with van der Waals surface area (Å²) in [5.74, 6) is 0.284. The van der Waals surface area contributed by atoms with Crippen LogP contribution in [0.1, 0.15) is 28.9 Å². The summed E-state index contributed by atoms with van der Waals surface area (Å²) in [4.78, 5) is 14.2. The van der Waals surface area contributed by atoms with Gasteiger partial charge in [0.2, 0.25) is 0 Å². The van der Waals surface area contributed by atoms with Crippen LogP contribution in [0.4, 0.5) is 0 Å². The molecule has 12 heavy (non-hydrogen) atoms. The van der Waals surface area contributed by atoms with Crippen molar-refractivity contribution in [1.29, 1.82) is 0 Å². The van der Waals surface area contributed by atoms with Crippen molar-refractivity contribution in [2.24, 2.45) is 5.73 Å². The lowest BCUT2D eigenvalue weighted by atomic mass is 10.0. The Bertz CT molecular complexity index is 273. The van der Waals surface area contributed by atoms with Gasteiger partial charge in [0, 0.05) is 6.20 Å². The molecule has 1 unspecified atom stereocenters. The summed E-state index contributed by atoms with van der Waals surface area (Å²) in [6.45, 7) is 2.60. The van der Waals surface area contributed by atoms with Crippen LogP contribution in [-0.4, -0.2) is 17.8 Å². The minimum Gasteiger partial charge on any atom is -0.330 e. The Morgan fingerprint density at radius 3 is 3.08 bits per heavy atom. The fourth-order valence-corrected chi connectivity index (χ4v) is 0.973. The van der Waals surface area contributed by atoms with E-state index in [-0.39, 0.29) is 5.92 Å².